The van der Waals surface area contributed by atoms with E-state index in [9.17, 15) is 9.59 Å². The Bertz CT molecular complexity index is 498. The third kappa shape index (κ3) is 0.964. The Morgan fingerprint density at radius 1 is 1.28 bits per heavy atom. The zero-order valence-corrected chi connectivity index (χ0v) is 10.7. The maximum absolute atomic E-state index is 12.5. The lowest BCUT2D eigenvalue weighted by atomic mass is 9.54. The van der Waals surface area contributed by atoms with Crippen LogP contribution in [0.25, 0.3) is 0 Å². The van der Waals surface area contributed by atoms with Gasteiger partial charge in [-0.3, -0.25) is 9.59 Å². The maximum atomic E-state index is 12.5. The molecule has 18 heavy (non-hydrogen) atoms. The van der Waals surface area contributed by atoms with Gasteiger partial charge in [0.15, 0.2) is 11.6 Å². The first kappa shape index (κ1) is 11.8. The number of rotatable bonds is 2. The predicted octanol–water partition coefficient (Wildman–Crippen LogP) is 1.27. The topological polar surface area (TPSA) is 52.6 Å². The molecular weight excluding hydrogens is 232 g/mol. The highest BCUT2D eigenvalue weighted by molar-refractivity contribution is 6.04. The summed E-state index contributed by atoms with van der Waals surface area (Å²) in [5.74, 6) is -1.85. The number of Topliss-reactive ketones (excluding diaryl/α,β-unsaturated/α-hetero) is 1. The minimum Gasteiger partial charge on any atom is -0.346 e. The molecule has 0 aromatic heterocycles. The van der Waals surface area contributed by atoms with E-state index in [2.05, 4.69) is 0 Å². The number of hydrogen-bond donors (Lipinski definition) is 0. The van der Waals surface area contributed by atoms with Crippen LogP contribution in [0.3, 0.4) is 0 Å². The molecule has 4 rings (SSSR count). The van der Waals surface area contributed by atoms with Gasteiger partial charge in [-0.1, -0.05) is 17.7 Å². The molecule has 1 fully saturated rings. The normalized spacial score (nSPS) is 40.1. The standard InChI is InChI=1S/C14H16O4/c1-8-6-11(15)10-7-9-4-5-13(8,10)14(17-2,18-3)12(9)16/h4-6,9-10H,7H2,1-3H3/t9-,10-,13-/m1/s1. The summed E-state index contributed by atoms with van der Waals surface area (Å²) in [4.78, 5) is 24.6. The van der Waals surface area contributed by atoms with Gasteiger partial charge in [-0.2, -0.15) is 0 Å². The third-order valence-corrected chi connectivity index (χ3v) is 4.77. The predicted molar refractivity (Wildman–Crippen MR) is 63.7 cm³/mol. The minimum atomic E-state index is -1.35. The maximum Gasteiger partial charge on any atom is 0.243 e. The molecule has 4 aliphatic rings. The van der Waals surface area contributed by atoms with Gasteiger partial charge in [-0.25, -0.2) is 0 Å². The molecule has 0 radical (unpaired) electrons. The van der Waals surface area contributed by atoms with E-state index in [0.717, 1.165) is 5.57 Å². The van der Waals surface area contributed by atoms with Gasteiger partial charge in [0.25, 0.3) is 0 Å². The molecule has 1 spiro atoms. The molecule has 0 unspecified atom stereocenters. The fourth-order valence-electron chi connectivity index (χ4n) is 3.95. The molecule has 0 amide bonds. The molecule has 0 heterocycles. The SMILES string of the molecule is COC1(OC)C(=O)[C@@H]2C=C[C@]13C(C)=CC(=O)[C@H]3C2. The smallest absolute Gasteiger partial charge is 0.243 e. The van der Waals surface area contributed by atoms with Crippen LogP contribution in [0.4, 0.5) is 0 Å². The molecular formula is C14H16O4. The van der Waals surface area contributed by atoms with E-state index in [-0.39, 0.29) is 23.4 Å². The van der Waals surface area contributed by atoms with Gasteiger partial charge in [-0.05, 0) is 19.4 Å². The molecule has 0 saturated heterocycles. The molecule has 4 heteroatoms. The Labute approximate surface area is 106 Å². The largest absolute Gasteiger partial charge is 0.346 e. The second kappa shape index (κ2) is 3.39. The van der Waals surface area contributed by atoms with Crippen LogP contribution in [0, 0.1) is 17.3 Å². The fraction of sp³-hybridized carbons (Fsp3) is 0.571. The van der Waals surface area contributed by atoms with Crippen molar-refractivity contribution in [3.05, 3.63) is 23.8 Å². The van der Waals surface area contributed by atoms with E-state index in [1.54, 1.807) is 6.08 Å². The van der Waals surface area contributed by atoms with Gasteiger partial charge in [0.2, 0.25) is 5.79 Å². The van der Waals surface area contributed by atoms with E-state index >= 15 is 0 Å². The third-order valence-electron chi connectivity index (χ3n) is 4.77. The quantitative estimate of drug-likeness (QED) is 0.545. The van der Waals surface area contributed by atoms with Crippen molar-refractivity contribution in [1.82, 2.24) is 0 Å². The zero-order chi connectivity index (χ0) is 13.1. The Kier molecular flexibility index (Phi) is 2.23. The Hall–Kier alpha value is -1.26. The lowest BCUT2D eigenvalue weighted by Gasteiger charge is -2.55. The lowest BCUT2D eigenvalue weighted by molar-refractivity contribution is -0.261. The molecule has 0 aromatic rings. The van der Waals surface area contributed by atoms with Crippen LogP contribution >= 0.6 is 0 Å². The number of ether oxygens (including phenoxy) is 2. The lowest BCUT2D eigenvalue weighted by Crippen LogP contribution is -2.66. The van der Waals surface area contributed by atoms with Crippen molar-refractivity contribution >= 4 is 11.6 Å². The molecule has 2 bridgehead atoms. The van der Waals surface area contributed by atoms with E-state index in [1.165, 1.54) is 14.2 Å². The fourth-order valence-corrected chi connectivity index (χ4v) is 3.95. The molecule has 96 valence electrons. The summed E-state index contributed by atoms with van der Waals surface area (Å²) in [6.07, 6.45) is 6.03. The van der Waals surface area contributed by atoms with Crippen LogP contribution in [-0.2, 0) is 19.1 Å². The number of fused-ring (bicyclic) bond motifs is 1. The van der Waals surface area contributed by atoms with Crippen molar-refractivity contribution in [3.8, 4) is 0 Å². The van der Waals surface area contributed by atoms with Crippen LogP contribution in [0.5, 0.6) is 0 Å². The number of carbonyl (C=O) groups excluding carboxylic acids is 2. The van der Waals surface area contributed by atoms with Gasteiger partial charge in [-0.15, -0.1) is 0 Å². The summed E-state index contributed by atoms with van der Waals surface area (Å²) in [6.45, 7) is 1.87. The number of methoxy groups -OCH3 is 2. The highest BCUT2D eigenvalue weighted by Crippen LogP contribution is 2.61. The molecule has 3 atom stereocenters. The van der Waals surface area contributed by atoms with Gasteiger partial charge < -0.3 is 9.47 Å². The average Bonchev–Trinajstić information content (AvgIpc) is 2.64. The zero-order valence-electron chi connectivity index (χ0n) is 10.7. The van der Waals surface area contributed by atoms with Gasteiger partial charge in [0, 0.05) is 26.1 Å². The van der Waals surface area contributed by atoms with Crippen LogP contribution < -0.4 is 0 Å². The van der Waals surface area contributed by atoms with Gasteiger partial charge in [0.05, 0.1) is 5.41 Å². The van der Waals surface area contributed by atoms with Gasteiger partial charge in [0.1, 0.15) is 0 Å². The number of hydrogen-bond acceptors (Lipinski definition) is 4. The van der Waals surface area contributed by atoms with E-state index in [4.69, 9.17) is 9.47 Å². The molecule has 0 N–H and O–H groups in total. The van der Waals surface area contributed by atoms with Crippen molar-refractivity contribution in [2.24, 2.45) is 17.3 Å². The summed E-state index contributed by atoms with van der Waals surface area (Å²) in [6, 6.07) is 0. The molecule has 0 aromatic carbocycles. The van der Waals surface area contributed by atoms with Crippen molar-refractivity contribution in [3.63, 3.8) is 0 Å². The molecule has 1 saturated carbocycles. The summed E-state index contributed by atoms with van der Waals surface area (Å²) < 4.78 is 11.0. The number of ketones is 2. The molecule has 4 nitrogen and oxygen atoms in total. The van der Waals surface area contributed by atoms with Crippen LogP contribution in [-0.4, -0.2) is 31.6 Å². The number of carbonyl (C=O) groups is 2. The Balaban J connectivity index is 2.29. The van der Waals surface area contributed by atoms with Crippen molar-refractivity contribution in [2.75, 3.05) is 14.2 Å². The first-order chi connectivity index (χ1) is 8.53. The summed E-state index contributed by atoms with van der Waals surface area (Å²) in [7, 11) is 2.94. The van der Waals surface area contributed by atoms with E-state index in [1.807, 2.05) is 19.1 Å². The average molecular weight is 248 g/mol. The highest BCUT2D eigenvalue weighted by atomic mass is 16.7. The summed E-state index contributed by atoms with van der Waals surface area (Å²) in [5.41, 5.74) is 0.100. The second-order valence-electron chi connectivity index (χ2n) is 5.24. The van der Waals surface area contributed by atoms with E-state index < -0.39 is 11.2 Å². The Morgan fingerprint density at radius 3 is 2.56 bits per heavy atom. The second-order valence-corrected chi connectivity index (χ2v) is 5.24. The summed E-state index contributed by atoms with van der Waals surface area (Å²) in [5, 5.41) is 0. The monoisotopic (exact) mass is 248 g/mol. The van der Waals surface area contributed by atoms with Crippen LogP contribution in [0.1, 0.15) is 13.3 Å². The first-order valence-electron chi connectivity index (χ1n) is 6.10. The van der Waals surface area contributed by atoms with Gasteiger partial charge >= 0.3 is 0 Å². The van der Waals surface area contributed by atoms with Crippen LogP contribution in [0.2, 0.25) is 0 Å². The summed E-state index contributed by atoms with van der Waals surface area (Å²) >= 11 is 0. The molecule has 0 aliphatic heterocycles. The van der Waals surface area contributed by atoms with Crippen molar-refractivity contribution in [1.29, 1.82) is 0 Å². The number of allylic oxidation sites excluding steroid dienone is 2. The first-order valence-corrected chi connectivity index (χ1v) is 6.10. The van der Waals surface area contributed by atoms with Crippen molar-refractivity contribution < 1.29 is 19.1 Å². The van der Waals surface area contributed by atoms with Crippen LogP contribution in [0.15, 0.2) is 23.8 Å². The molecule has 4 aliphatic carbocycles. The minimum absolute atomic E-state index is 0.0753. The van der Waals surface area contributed by atoms with E-state index in [0.29, 0.717) is 6.42 Å². The Morgan fingerprint density at radius 2 is 1.94 bits per heavy atom. The van der Waals surface area contributed by atoms with Crippen molar-refractivity contribution in [2.45, 2.75) is 19.1 Å². The highest BCUT2D eigenvalue weighted by Gasteiger charge is 2.70.